The van der Waals surface area contributed by atoms with Crippen molar-refractivity contribution in [2.75, 3.05) is 4.90 Å². The van der Waals surface area contributed by atoms with Crippen LogP contribution in [0.3, 0.4) is 0 Å². The minimum absolute atomic E-state index is 0.125. The first-order valence-electron chi connectivity index (χ1n) is 4.70. The largest absolute Gasteiger partial charge is 0.478 e. The van der Waals surface area contributed by atoms with Crippen molar-refractivity contribution < 1.29 is 19.5 Å². The van der Waals surface area contributed by atoms with Gasteiger partial charge in [-0.25, -0.2) is 9.69 Å². The number of hydrogen-bond donors (Lipinski definition) is 1. The number of halogens is 2. The zero-order valence-corrected chi connectivity index (χ0v) is 13.0. The van der Waals surface area contributed by atoms with E-state index < -0.39 is 17.8 Å². The average molecular weight is 469 g/mol. The minimum Gasteiger partial charge on any atom is -0.478 e. The van der Waals surface area contributed by atoms with Crippen LogP contribution in [-0.4, -0.2) is 22.9 Å². The van der Waals surface area contributed by atoms with Gasteiger partial charge in [-0.3, -0.25) is 9.59 Å². The molecule has 2 rings (SSSR count). The summed E-state index contributed by atoms with van der Waals surface area (Å²) in [6, 6.07) is 2.86. The van der Waals surface area contributed by atoms with E-state index in [-0.39, 0.29) is 5.56 Å². The Morgan fingerprint density at radius 1 is 1.06 bits per heavy atom. The molecule has 0 aliphatic carbocycles. The molecular formula is C11H5I2NO4. The van der Waals surface area contributed by atoms with E-state index in [1.807, 2.05) is 45.2 Å². The molecule has 18 heavy (non-hydrogen) atoms. The second-order valence-electron chi connectivity index (χ2n) is 3.44. The molecule has 0 spiro atoms. The van der Waals surface area contributed by atoms with Crippen LogP contribution in [0.15, 0.2) is 24.3 Å². The van der Waals surface area contributed by atoms with Gasteiger partial charge in [-0.05, 0) is 57.3 Å². The lowest BCUT2D eigenvalue weighted by atomic mass is 10.2. The van der Waals surface area contributed by atoms with Crippen LogP contribution in [0.4, 0.5) is 5.69 Å². The number of carboxylic acids is 1. The zero-order chi connectivity index (χ0) is 13.4. The van der Waals surface area contributed by atoms with Crippen LogP contribution in [0, 0.1) is 7.14 Å². The molecule has 0 fully saturated rings. The topological polar surface area (TPSA) is 74.7 Å². The van der Waals surface area contributed by atoms with Crippen LogP contribution in [-0.2, 0) is 9.59 Å². The number of carboxylic acid groups (broad SMARTS) is 1. The predicted molar refractivity (Wildman–Crippen MR) is 80.5 cm³/mol. The van der Waals surface area contributed by atoms with Gasteiger partial charge in [0.05, 0.1) is 11.3 Å². The summed E-state index contributed by atoms with van der Waals surface area (Å²) in [6.07, 6.45) is 2.39. The zero-order valence-electron chi connectivity index (χ0n) is 8.68. The highest BCUT2D eigenvalue weighted by Crippen LogP contribution is 2.32. The standard InChI is InChI=1S/C11H5I2NO4/c12-6-3-5(11(17)18)4-7(13)10(6)14-8(15)1-2-9(14)16/h1-4H,(H,17,18). The number of rotatable bonds is 2. The van der Waals surface area contributed by atoms with E-state index in [9.17, 15) is 14.4 Å². The summed E-state index contributed by atoms with van der Waals surface area (Å²) in [5.74, 6) is -1.88. The Hall–Kier alpha value is -0.970. The Bertz CT molecular complexity index is 568. The summed E-state index contributed by atoms with van der Waals surface area (Å²) in [5.41, 5.74) is 0.556. The quantitative estimate of drug-likeness (QED) is 0.532. The lowest BCUT2D eigenvalue weighted by Crippen LogP contribution is -2.31. The van der Waals surface area contributed by atoms with Gasteiger partial charge >= 0.3 is 5.97 Å². The van der Waals surface area contributed by atoms with Crippen molar-refractivity contribution >= 4 is 68.7 Å². The Labute approximate surface area is 129 Å². The van der Waals surface area contributed by atoms with Gasteiger partial charge < -0.3 is 5.11 Å². The molecule has 1 aliphatic heterocycles. The predicted octanol–water partition coefficient (Wildman–Crippen LogP) is 2.02. The number of carbonyl (C=O) groups excluding carboxylic acids is 2. The molecule has 1 N–H and O–H groups in total. The van der Waals surface area contributed by atoms with Crippen molar-refractivity contribution in [3.8, 4) is 0 Å². The fraction of sp³-hybridized carbons (Fsp3) is 0. The first-order chi connectivity index (χ1) is 8.41. The molecule has 0 radical (unpaired) electrons. The van der Waals surface area contributed by atoms with Gasteiger partial charge in [-0.1, -0.05) is 0 Å². The Kier molecular flexibility index (Phi) is 3.71. The highest BCUT2D eigenvalue weighted by Gasteiger charge is 2.29. The van der Waals surface area contributed by atoms with Crippen LogP contribution in [0.5, 0.6) is 0 Å². The summed E-state index contributed by atoms with van der Waals surface area (Å²) in [6.45, 7) is 0. The Morgan fingerprint density at radius 2 is 1.50 bits per heavy atom. The molecule has 1 heterocycles. The molecule has 0 atom stereocenters. The first-order valence-corrected chi connectivity index (χ1v) is 6.86. The van der Waals surface area contributed by atoms with Gasteiger partial charge in [0.2, 0.25) is 0 Å². The molecule has 0 bridgehead atoms. The van der Waals surface area contributed by atoms with Gasteiger partial charge in [0.1, 0.15) is 0 Å². The van der Waals surface area contributed by atoms with Crippen LogP contribution in [0.25, 0.3) is 0 Å². The second kappa shape index (κ2) is 4.96. The van der Waals surface area contributed by atoms with Gasteiger partial charge in [-0.2, -0.15) is 0 Å². The number of imide groups is 1. The van der Waals surface area contributed by atoms with Crippen LogP contribution >= 0.6 is 45.2 Å². The van der Waals surface area contributed by atoms with E-state index >= 15 is 0 Å². The Morgan fingerprint density at radius 3 is 1.89 bits per heavy atom. The SMILES string of the molecule is O=C(O)c1cc(I)c(N2C(=O)C=CC2=O)c(I)c1. The van der Waals surface area contributed by atoms with Crippen molar-refractivity contribution in [3.05, 3.63) is 37.0 Å². The minimum atomic E-state index is -1.05. The summed E-state index contributed by atoms with van der Waals surface area (Å²) < 4.78 is 1.09. The molecule has 0 saturated carbocycles. The van der Waals surface area contributed by atoms with E-state index in [2.05, 4.69) is 0 Å². The maximum atomic E-state index is 11.6. The number of hydrogen-bond acceptors (Lipinski definition) is 3. The molecule has 0 aromatic heterocycles. The second-order valence-corrected chi connectivity index (χ2v) is 5.76. The van der Waals surface area contributed by atoms with Crippen molar-refractivity contribution in [3.63, 3.8) is 0 Å². The molecule has 0 unspecified atom stereocenters. The Balaban J connectivity index is 2.56. The third kappa shape index (κ3) is 2.28. The van der Waals surface area contributed by atoms with E-state index in [1.54, 1.807) is 0 Å². The third-order valence-electron chi connectivity index (χ3n) is 2.30. The average Bonchev–Trinajstić information content (AvgIpc) is 2.59. The molecule has 92 valence electrons. The summed E-state index contributed by atoms with van der Waals surface area (Å²) in [7, 11) is 0. The summed E-state index contributed by atoms with van der Waals surface area (Å²) >= 11 is 3.83. The molecule has 5 nitrogen and oxygen atoms in total. The number of aromatic carboxylic acids is 1. The third-order valence-corrected chi connectivity index (χ3v) is 3.94. The fourth-order valence-corrected chi connectivity index (χ4v) is 3.77. The highest BCUT2D eigenvalue weighted by molar-refractivity contribution is 14.1. The molecule has 1 aromatic rings. The molecule has 1 aromatic carbocycles. The van der Waals surface area contributed by atoms with Crippen LogP contribution in [0.2, 0.25) is 0 Å². The van der Waals surface area contributed by atoms with Crippen molar-refractivity contribution in [2.45, 2.75) is 0 Å². The van der Waals surface area contributed by atoms with Crippen molar-refractivity contribution in [2.24, 2.45) is 0 Å². The number of benzene rings is 1. The monoisotopic (exact) mass is 469 g/mol. The molecule has 2 amide bonds. The fourth-order valence-electron chi connectivity index (χ4n) is 1.52. The lowest BCUT2D eigenvalue weighted by Gasteiger charge is -2.18. The molecule has 7 heteroatoms. The van der Waals surface area contributed by atoms with Gasteiger partial charge in [0.25, 0.3) is 11.8 Å². The number of anilines is 1. The first kappa shape index (κ1) is 13.5. The van der Waals surface area contributed by atoms with Gasteiger partial charge in [0.15, 0.2) is 0 Å². The molecule has 1 aliphatic rings. The number of amides is 2. The number of carbonyl (C=O) groups is 3. The van der Waals surface area contributed by atoms with E-state index in [0.29, 0.717) is 12.8 Å². The van der Waals surface area contributed by atoms with Crippen LogP contribution < -0.4 is 4.90 Å². The van der Waals surface area contributed by atoms with Gasteiger partial charge in [0, 0.05) is 19.3 Å². The van der Waals surface area contributed by atoms with Crippen molar-refractivity contribution in [1.82, 2.24) is 0 Å². The highest BCUT2D eigenvalue weighted by atomic mass is 127. The summed E-state index contributed by atoms with van der Waals surface area (Å²) in [4.78, 5) is 35.1. The van der Waals surface area contributed by atoms with E-state index in [0.717, 1.165) is 4.90 Å². The normalized spacial score (nSPS) is 14.4. The van der Waals surface area contributed by atoms with Crippen molar-refractivity contribution in [1.29, 1.82) is 0 Å². The van der Waals surface area contributed by atoms with E-state index in [1.165, 1.54) is 24.3 Å². The maximum Gasteiger partial charge on any atom is 0.335 e. The smallest absolute Gasteiger partial charge is 0.335 e. The van der Waals surface area contributed by atoms with Crippen LogP contribution in [0.1, 0.15) is 10.4 Å². The molecule has 0 saturated heterocycles. The maximum absolute atomic E-state index is 11.6. The van der Waals surface area contributed by atoms with E-state index in [4.69, 9.17) is 5.11 Å². The number of nitrogens with zero attached hydrogens (tertiary/aromatic N) is 1. The summed E-state index contributed by atoms with van der Waals surface area (Å²) in [5, 5.41) is 8.93. The van der Waals surface area contributed by atoms with Gasteiger partial charge in [-0.15, -0.1) is 0 Å². The molecular weight excluding hydrogens is 464 g/mol. The lowest BCUT2D eigenvalue weighted by molar-refractivity contribution is -0.120.